The molecule has 2 N–H and O–H groups in total. The van der Waals surface area contributed by atoms with Gasteiger partial charge in [0.15, 0.2) is 0 Å². The van der Waals surface area contributed by atoms with E-state index >= 15 is 0 Å². The normalized spacial score (nSPS) is 16.0. The largest absolute Gasteiger partial charge is 0.351 e. The second kappa shape index (κ2) is 7.94. The van der Waals surface area contributed by atoms with Crippen LogP contribution >= 0.6 is 0 Å². The Bertz CT molecular complexity index is 797. The molecule has 0 unspecified atom stereocenters. The first kappa shape index (κ1) is 17.8. The molecule has 0 spiro atoms. The number of fused-ring (bicyclic) bond motifs is 2. The maximum atomic E-state index is 12.2. The number of nitrogens with zero attached hydrogens (tertiary/aromatic N) is 3. The Kier molecular flexibility index (Phi) is 5.23. The SMILES string of the molecule is CCCCNC(=O)N1CCc2nc(NC3Cc4ccccc4C3)ncc2C1. The van der Waals surface area contributed by atoms with Gasteiger partial charge in [0.2, 0.25) is 5.95 Å². The van der Waals surface area contributed by atoms with E-state index < -0.39 is 0 Å². The monoisotopic (exact) mass is 365 g/mol. The number of nitrogens with one attached hydrogen (secondary N) is 2. The topological polar surface area (TPSA) is 70.2 Å². The van der Waals surface area contributed by atoms with Gasteiger partial charge < -0.3 is 15.5 Å². The third kappa shape index (κ3) is 4.04. The lowest BCUT2D eigenvalue weighted by atomic mass is 10.1. The number of benzene rings is 1. The summed E-state index contributed by atoms with van der Waals surface area (Å²) in [6.07, 6.45) is 6.78. The van der Waals surface area contributed by atoms with Crippen LogP contribution in [-0.4, -0.2) is 40.0 Å². The maximum absolute atomic E-state index is 12.2. The Hall–Kier alpha value is -2.63. The summed E-state index contributed by atoms with van der Waals surface area (Å²) in [6.45, 7) is 4.15. The molecule has 1 aliphatic heterocycles. The van der Waals surface area contributed by atoms with Crippen molar-refractivity contribution in [3.63, 3.8) is 0 Å². The van der Waals surface area contributed by atoms with Gasteiger partial charge in [-0.05, 0) is 30.4 Å². The number of anilines is 1. The molecule has 0 atom stereocenters. The van der Waals surface area contributed by atoms with E-state index in [-0.39, 0.29) is 6.03 Å². The Balaban J connectivity index is 1.36. The minimum atomic E-state index is 0.0139. The second-order valence-electron chi connectivity index (χ2n) is 7.44. The van der Waals surface area contributed by atoms with Crippen LogP contribution in [0.25, 0.3) is 0 Å². The predicted molar refractivity (Wildman–Crippen MR) is 106 cm³/mol. The van der Waals surface area contributed by atoms with Crippen LogP contribution in [-0.2, 0) is 25.8 Å². The van der Waals surface area contributed by atoms with Gasteiger partial charge in [0.1, 0.15) is 0 Å². The van der Waals surface area contributed by atoms with Crippen molar-refractivity contribution in [1.29, 1.82) is 0 Å². The molecule has 0 fully saturated rings. The van der Waals surface area contributed by atoms with Gasteiger partial charge in [0.25, 0.3) is 0 Å². The van der Waals surface area contributed by atoms with Crippen molar-refractivity contribution in [3.8, 4) is 0 Å². The van der Waals surface area contributed by atoms with Crippen LogP contribution < -0.4 is 10.6 Å². The maximum Gasteiger partial charge on any atom is 0.317 e. The summed E-state index contributed by atoms with van der Waals surface area (Å²) in [6, 6.07) is 8.96. The molecular formula is C21H27N5O. The average Bonchev–Trinajstić information content (AvgIpc) is 3.10. The van der Waals surface area contributed by atoms with E-state index in [2.05, 4.69) is 46.8 Å². The molecule has 0 radical (unpaired) electrons. The molecule has 142 valence electrons. The van der Waals surface area contributed by atoms with Gasteiger partial charge in [-0.1, -0.05) is 37.6 Å². The first-order chi connectivity index (χ1) is 13.2. The molecule has 0 bridgehead atoms. The highest BCUT2D eigenvalue weighted by Gasteiger charge is 2.24. The quantitative estimate of drug-likeness (QED) is 0.800. The fourth-order valence-electron chi connectivity index (χ4n) is 3.89. The van der Waals surface area contributed by atoms with Crippen LogP contribution in [0, 0.1) is 0 Å². The van der Waals surface area contributed by atoms with Crippen molar-refractivity contribution < 1.29 is 4.79 Å². The standard InChI is InChI=1S/C21H27N5O/c1-2-3-9-22-21(27)26-10-8-19-17(14-26)13-23-20(25-19)24-18-11-15-6-4-5-7-16(15)12-18/h4-7,13,18H,2-3,8-12,14H2,1H3,(H,22,27)(H,23,24,25). The van der Waals surface area contributed by atoms with Crippen LogP contribution in [0.4, 0.5) is 10.7 Å². The van der Waals surface area contributed by atoms with Crippen LogP contribution in [0.2, 0.25) is 0 Å². The van der Waals surface area contributed by atoms with Crippen molar-refractivity contribution >= 4 is 12.0 Å². The minimum Gasteiger partial charge on any atom is -0.351 e. The van der Waals surface area contributed by atoms with Crippen LogP contribution in [0.3, 0.4) is 0 Å². The second-order valence-corrected chi connectivity index (χ2v) is 7.44. The van der Waals surface area contributed by atoms with E-state index in [0.29, 0.717) is 25.1 Å². The van der Waals surface area contributed by atoms with Gasteiger partial charge in [0, 0.05) is 37.3 Å². The van der Waals surface area contributed by atoms with Crippen LogP contribution in [0.15, 0.2) is 30.5 Å². The molecule has 2 amide bonds. The summed E-state index contributed by atoms with van der Waals surface area (Å²) in [5.74, 6) is 0.701. The molecule has 4 rings (SSSR count). The number of aromatic nitrogens is 2. The molecule has 6 heteroatoms. The lowest BCUT2D eigenvalue weighted by Crippen LogP contribution is -2.43. The van der Waals surface area contributed by atoms with Crippen molar-refractivity contribution in [3.05, 3.63) is 52.8 Å². The van der Waals surface area contributed by atoms with E-state index in [9.17, 15) is 4.79 Å². The van der Waals surface area contributed by atoms with Gasteiger partial charge in [0.05, 0.1) is 12.2 Å². The van der Waals surface area contributed by atoms with Gasteiger partial charge in [-0.15, -0.1) is 0 Å². The van der Waals surface area contributed by atoms with Crippen molar-refractivity contribution in [2.24, 2.45) is 0 Å². The summed E-state index contributed by atoms with van der Waals surface area (Å²) in [5.41, 5.74) is 4.93. The first-order valence-electron chi connectivity index (χ1n) is 9.94. The highest BCUT2D eigenvalue weighted by Crippen LogP contribution is 2.24. The summed E-state index contributed by atoms with van der Waals surface area (Å²) in [4.78, 5) is 23.3. The minimum absolute atomic E-state index is 0.0139. The number of urea groups is 1. The summed E-state index contributed by atoms with van der Waals surface area (Å²) in [7, 11) is 0. The average molecular weight is 365 g/mol. The molecule has 2 aromatic rings. The first-order valence-corrected chi connectivity index (χ1v) is 9.94. The summed E-state index contributed by atoms with van der Waals surface area (Å²) < 4.78 is 0. The predicted octanol–water partition coefficient (Wildman–Crippen LogP) is 2.92. The van der Waals surface area contributed by atoms with Gasteiger partial charge in [-0.25, -0.2) is 14.8 Å². The molecule has 2 aliphatic rings. The number of rotatable bonds is 5. The van der Waals surface area contributed by atoms with E-state index in [4.69, 9.17) is 4.98 Å². The molecular weight excluding hydrogens is 338 g/mol. The van der Waals surface area contributed by atoms with E-state index in [1.807, 2.05) is 11.1 Å². The zero-order valence-electron chi connectivity index (χ0n) is 15.9. The fraction of sp³-hybridized carbons (Fsp3) is 0.476. The van der Waals surface area contributed by atoms with E-state index in [1.54, 1.807) is 0 Å². The summed E-state index contributed by atoms with van der Waals surface area (Å²) in [5, 5.41) is 6.48. The summed E-state index contributed by atoms with van der Waals surface area (Å²) >= 11 is 0. The Morgan fingerprint density at radius 1 is 1.22 bits per heavy atom. The van der Waals surface area contributed by atoms with Gasteiger partial charge >= 0.3 is 6.03 Å². The fourth-order valence-corrected chi connectivity index (χ4v) is 3.89. The number of carbonyl (C=O) groups excluding carboxylic acids is 1. The zero-order chi connectivity index (χ0) is 18.6. The molecule has 6 nitrogen and oxygen atoms in total. The third-order valence-corrected chi connectivity index (χ3v) is 5.41. The Morgan fingerprint density at radius 2 is 2.00 bits per heavy atom. The molecule has 1 aliphatic carbocycles. The number of hydrogen-bond acceptors (Lipinski definition) is 4. The lowest BCUT2D eigenvalue weighted by molar-refractivity contribution is 0.191. The van der Waals surface area contributed by atoms with Crippen LogP contribution in [0.1, 0.15) is 42.1 Å². The van der Waals surface area contributed by atoms with Gasteiger partial charge in [-0.2, -0.15) is 0 Å². The van der Waals surface area contributed by atoms with Crippen molar-refractivity contribution in [1.82, 2.24) is 20.2 Å². The third-order valence-electron chi connectivity index (χ3n) is 5.41. The highest BCUT2D eigenvalue weighted by atomic mass is 16.2. The molecule has 0 saturated carbocycles. The highest BCUT2D eigenvalue weighted by molar-refractivity contribution is 5.74. The molecule has 1 aromatic heterocycles. The number of unbranched alkanes of at least 4 members (excludes halogenated alkanes) is 1. The number of carbonyl (C=O) groups is 1. The number of amides is 2. The van der Waals surface area contributed by atoms with Crippen molar-refractivity contribution in [2.45, 2.75) is 51.6 Å². The Labute approximate surface area is 160 Å². The Morgan fingerprint density at radius 3 is 2.74 bits per heavy atom. The molecule has 0 saturated heterocycles. The smallest absolute Gasteiger partial charge is 0.317 e. The molecule has 1 aromatic carbocycles. The van der Waals surface area contributed by atoms with Crippen molar-refractivity contribution in [2.75, 3.05) is 18.4 Å². The van der Waals surface area contributed by atoms with Crippen LogP contribution in [0.5, 0.6) is 0 Å². The number of hydrogen-bond donors (Lipinski definition) is 2. The van der Waals surface area contributed by atoms with E-state index in [1.165, 1.54) is 11.1 Å². The molecule has 2 heterocycles. The van der Waals surface area contributed by atoms with Gasteiger partial charge in [-0.3, -0.25) is 0 Å². The zero-order valence-corrected chi connectivity index (χ0v) is 15.9. The molecule has 27 heavy (non-hydrogen) atoms. The lowest BCUT2D eigenvalue weighted by Gasteiger charge is -2.28. The van der Waals surface area contributed by atoms with E-state index in [0.717, 1.165) is 49.9 Å².